The van der Waals surface area contributed by atoms with Crippen LogP contribution in [0.5, 0.6) is 0 Å². The quantitative estimate of drug-likeness (QED) is 0.907. The van der Waals surface area contributed by atoms with Crippen molar-refractivity contribution in [2.75, 3.05) is 19.0 Å². The van der Waals surface area contributed by atoms with Crippen molar-refractivity contribution in [3.05, 3.63) is 59.4 Å². The van der Waals surface area contributed by atoms with Gasteiger partial charge in [0.1, 0.15) is 0 Å². The van der Waals surface area contributed by atoms with Gasteiger partial charge in [0.2, 0.25) is 0 Å². The SMILES string of the molecule is CCc1ccc(CC(N)c2cccc(N(C)C)c2)nc1. The predicted octanol–water partition coefficient (Wildman–Crippen LogP) is 2.95. The number of nitrogens with zero attached hydrogens (tertiary/aromatic N) is 2. The Morgan fingerprint density at radius 3 is 2.60 bits per heavy atom. The lowest BCUT2D eigenvalue weighted by Crippen LogP contribution is -2.15. The summed E-state index contributed by atoms with van der Waals surface area (Å²) in [7, 11) is 4.07. The maximum absolute atomic E-state index is 6.31. The third kappa shape index (κ3) is 3.58. The van der Waals surface area contributed by atoms with E-state index >= 15 is 0 Å². The van der Waals surface area contributed by atoms with Crippen LogP contribution in [0.4, 0.5) is 5.69 Å². The van der Waals surface area contributed by atoms with Crippen molar-refractivity contribution in [2.45, 2.75) is 25.8 Å². The Kier molecular flexibility index (Phi) is 4.74. The third-order valence-electron chi connectivity index (χ3n) is 3.54. The second kappa shape index (κ2) is 6.53. The van der Waals surface area contributed by atoms with Gasteiger partial charge in [0, 0.05) is 44.1 Å². The molecular formula is C17H23N3. The summed E-state index contributed by atoms with van der Waals surface area (Å²) in [6, 6.07) is 12.6. The number of aryl methyl sites for hydroxylation is 1. The largest absolute Gasteiger partial charge is 0.378 e. The molecule has 2 aromatic rings. The molecule has 3 nitrogen and oxygen atoms in total. The minimum atomic E-state index is -0.0186. The van der Waals surface area contributed by atoms with Gasteiger partial charge >= 0.3 is 0 Å². The van der Waals surface area contributed by atoms with E-state index in [0.29, 0.717) is 0 Å². The number of benzene rings is 1. The van der Waals surface area contributed by atoms with Gasteiger partial charge in [-0.2, -0.15) is 0 Å². The molecule has 1 heterocycles. The molecule has 0 aliphatic rings. The molecule has 1 aromatic heterocycles. The van der Waals surface area contributed by atoms with Crippen molar-refractivity contribution < 1.29 is 0 Å². The maximum Gasteiger partial charge on any atom is 0.0422 e. The Morgan fingerprint density at radius 1 is 1.20 bits per heavy atom. The lowest BCUT2D eigenvalue weighted by atomic mass is 10.0. The van der Waals surface area contributed by atoms with Gasteiger partial charge in [0.25, 0.3) is 0 Å². The van der Waals surface area contributed by atoms with Crippen LogP contribution < -0.4 is 10.6 Å². The minimum Gasteiger partial charge on any atom is -0.378 e. The molecule has 1 aromatic carbocycles. The summed E-state index contributed by atoms with van der Waals surface area (Å²) in [6.45, 7) is 2.13. The van der Waals surface area contributed by atoms with E-state index in [2.05, 4.69) is 53.2 Å². The zero-order valence-electron chi connectivity index (χ0n) is 12.5. The fourth-order valence-corrected chi connectivity index (χ4v) is 2.16. The van der Waals surface area contributed by atoms with Gasteiger partial charge in [-0.3, -0.25) is 4.98 Å². The summed E-state index contributed by atoms with van der Waals surface area (Å²) in [5.41, 5.74) is 10.9. The zero-order chi connectivity index (χ0) is 14.5. The number of rotatable bonds is 5. The van der Waals surface area contributed by atoms with Crippen LogP contribution in [0.3, 0.4) is 0 Å². The van der Waals surface area contributed by atoms with E-state index in [9.17, 15) is 0 Å². The number of aromatic nitrogens is 1. The molecule has 3 heteroatoms. The van der Waals surface area contributed by atoms with Crippen molar-refractivity contribution in [3.8, 4) is 0 Å². The minimum absolute atomic E-state index is 0.0186. The summed E-state index contributed by atoms with van der Waals surface area (Å²) in [4.78, 5) is 6.57. The highest BCUT2D eigenvalue weighted by Crippen LogP contribution is 2.20. The first-order valence-corrected chi connectivity index (χ1v) is 7.07. The summed E-state index contributed by atoms with van der Waals surface area (Å²) in [5, 5.41) is 0. The fraction of sp³-hybridized carbons (Fsp3) is 0.353. The van der Waals surface area contributed by atoms with E-state index in [1.54, 1.807) is 0 Å². The molecule has 106 valence electrons. The predicted molar refractivity (Wildman–Crippen MR) is 85.0 cm³/mol. The average Bonchev–Trinajstić information content (AvgIpc) is 2.48. The molecule has 0 fully saturated rings. The molecule has 1 atom stereocenters. The van der Waals surface area contributed by atoms with Gasteiger partial charge in [-0.1, -0.05) is 25.1 Å². The van der Waals surface area contributed by atoms with Crippen LogP contribution in [0.1, 0.15) is 29.8 Å². The second-order valence-corrected chi connectivity index (χ2v) is 5.31. The van der Waals surface area contributed by atoms with E-state index in [1.807, 2.05) is 20.3 Å². The normalized spacial score (nSPS) is 12.2. The number of hydrogen-bond acceptors (Lipinski definition) is 3. The Morgan fingerprint density at radius 2 is 2.00 bits per heavy atom. The molecule has 0 aliphatic heterocycles. The first-order chi connectivity index (χ1) is 9.60. The lowest BCUT2D eigenvalue weighted by molar-refractivity contribution is 0.705. The smallest absolute Gasteiger partial charge is 0.0422 e. The van der Waals surface area contributed by atoms with Crippen LogP contribution in [-0.2, 0) is 12.8 Å². The molecule has 0 saturated heterocycles. The molecule has 0 radical (unpaired) electrons. The standard InChI is InChI=1S/C17H23N3/c1-4-13-8-9-15(19-12-13)11-17(18)14-6-5-7-16(10-14)20(2)3/h5-10,12,17H,4,11,18H2,1-3H3. The maximum atomic E-state index is 6.31. The summed E-state index contributed by atoms with van der Waals surface area (Å²) in [6.07, 6.45) is 3.73. The highest BCUT2D eigenvalue weighted by Gasteiger charge is 2.09. The van der Waals surface area contributed by atoms with Crippen molar-refractivity contribution in [2.24, 2.45) is 5.73 Å². The van der Waals surface area contributed by atoms with Gasteiger partial charge in [-0.15, -0.1) is 0 Å². The summed E-state index contributed by atoms with van der Waals surface area (Å²) >= 11 is 0. The van der Waals surface area contributed by atoms with Crippen LogP contribution >= 0.6 is 0 Å². The Bertz CT molecular complexity index is 546. The van der Waals surface area contributed by atoms with Crippen molar-refractivity contribution in [3.63, 3.8) is 0 Å². The number of pyridine rings is 1. The van der Waals surface area contributed by atoms with Crippen molar-refractivity contribution >= 4 is 5.69 Å². The molecule has 0 aliphatic carbocycles. The van der Waals surface area contributed by atoms with E-state index in [1.165, 1.54) is 11.3 Å². The Labute approximate surface area is 121 Å². The second-order valence-electron chi connectivity index (χ2n) is 5.31. The van der Waals surface area contributed by atoms with Gasteiger partial charge in [0.05, 0.1) is 0 Å². The zero-order valence-corrected chi connectivity index (χ0v) is 12.5. The van der Waals surface area contributed by atoms with Crippen LogP contribution in [0.25, 0.3) is 0 Å². The first-order valence-electron chi connectivity index (χ1n) is 7.07. The molecule has 20 heavy (non-hydrogen) atoms. The number of nitrogens with two attached hydrogens (primary N) is 1. The van der Waals surface area contributed by atoms with Gasteiger partial charge < -0.3 is 10.6 Å². The molecule has 2 N–H and O–H groups in total. The summed E-state index contributed by atoms with van der Waals surface area (Å²) in [5.74, 6) is 0. The van der Waals surface area contributed by atoms with Crippen molar-refractivity contribution in [1.82, 2.24) is 4.98 Å². The molecule has 1 unspecified atom stereocenters. The van der Waals surface area contributed by atoms with Gasteiger partial charge in [0.15, 0.2) is 0 Å². The van der Waals surface area contributed by atoms with E-state index in [0.717, 1.165) is 24.1 Å². The summed E-state index contributed by atoms with van der Waals surface area (Å²) < 4.78 is 0. The molecule has 0 saturated carbocycles. The van der Waals surface area contributed by atoms with Crippen LogP contribution in [-0.4, -0.2) is 19.1 Å². The van der Waals surface area contributed by atoms with E-state index in [-0.39, 0.29) is 6.04 Å². The van der Waals surface area contributed by atoms with Crippen molar-refractivity contribution in [1.29, 1.82) is 0 Å². The molecule has 0 bridgehead atoms. The third-order valence-corrected chi connectivity index (χ3v) is 3.54. The molecule has 0 spiro atoms. The van der Waals surface area contributed by atoms with Crippen LogP contribution in [0.2, 0.25) is 0 Å². The molecule has 2 rings (SSSR count). The average molecular weight is 269 g/mol. The van der Waals surface area contributed by atoms with Crippen LogP contribution in [0, 0.1) is 0 Å². The number of anilines is 1. The Balaban J connectivity index is 2.10. The lowest BCUT2D eigenvalue weighted by Gasteiger charge is -2.17. The number of hydrogen-bond donors (Lipinski definition) is 1. The van der Waals surface area contributed by atoms with E-state index < -0.39 is 0 Å². The van der Waals surface area contributed by atoms with Gasteiger partial charge in [-0.05, 0) is 35.7 Å². The van der Waals surface area contributed by atoms with Gasteiger partial charge in [-0.25, -0.2) is 0 Å². The Hall–Kier alpha value is -1.87. The molecular weight excluding hydrogens is 246 g/mol. The fourth-order valence-electron chi connectivity index (χ4n) is 2.16. The topological polar surface area (TPSA) is 42.1 Å². The van der Waals surface area contributed by atoms with Crippen LogP contribution in [0.15, 0.2) is 42.6 Å². The highest BCUT2D eigenvalue weighted by molar-refractivity contribution is 5.47. The van der Waals surface area contributed by atoms with E-state index in [4.69, 9.17) is 5.73 Å². The first kappa shape index (κ1) is 14.5. The monoisotopic (exact) mass is 269 g/mol. The molecule has 0 amide bonds. The highest BCUT2D eigenvalue weighted by atomic mass is 15.1.